The molecular formula is C72H85F9N12O9S2. The van der Waals surface area contributed by atoms with Crippen molar-refractivity contribution in [2.45, 2.75) is 176 Å². The molecule has 9 N–H and O–H groups in total. The average Bonchev–Trinajstić information content (AvgIpc) is 1.32. The molecule has 6 amide bonds. The number of aryl methyl sites for hydroxylation is 4. The number of thiazole rings is 2. The number of rotatable bonds is 18. The van der Waals surface area contributed by atoms with E-state index in [2.05, 4.69) is 61.6 Å². The second kappa shape index (κ2) is 32.8. The SMILES string of the molecule is Cc1cc(C(=O)NCC(=O)NC2CN(C3CCC(O)(c4ccc(C)nc4)CC3)C2)cc(C(F)(F)F)c1.Cc1cc(C(=O)NCC(=O)NC2CN(C3CCC(O)(c4nccs4)CC3)C2)cc(C(F)(F)F)c1.Cc1ccc(C(F)(F)F)cc1C(=O)NCC(=O)NC1CN(C2CCC(O)(c3nccs3)CC2)C1. The monoisotopic (exact) mass is 1500 g/mol. The number of hydrogen-bond donors (Lipinski definition) is 9. The summed E-state index contributed by atoms with van der Waals surface area (Å²) in [5.41, 5.74) is -2.85. The van der Waals surface area contributed by atoms with Crippen LogP contribution in [0.2, 0.25) is 0 Å². The van der Waals surface area contributed by atoms with Crippen LogP contribution in [0.5, 0.6) is 0 Å². The van der Waals surface area contributed by atoms with Gasteiger partial charge in [-0.2, -0.15) is 39.5 Å². The van der Waals surface area contributed by atoms with E-state index in [1.54, 1.807) is 25.5 Å². The van der Waals surface area contributed by atoms with Gasteiger partial charge < -0.3 is 47.2 Å². The lowest BCUT2D eigenvalue weighted by Crippen LogP contribution is -2.63. The number of carbonyl (C=O) groups is 6. The van der Waals surface area contributed by atoms with E-state index < -0.39 is 69.7 Å². The summed E-state index contributed by atoms with van der Waals surface area (Å²) >= 11 is 2.94. The normalized spacial score (nSPS) is 23.6. The molecule has 6 fully saturated rings. The van der Waals surface area contributed by atoms with E-state index in [4.69, 9.17) is 0 Å². The fraction of sp³-hybridized carbons (Fsp3) is 0.514. The van der Waals surface area contributed by atoms with Crippen molar-refractivity contribution >= 4 is 58.1 Å². The van der Waals surface area contributed by atoms with E-state index in [1.807, 2.05) is 29.8 Å². The Bertz CT molecular complexity index is 3970. The molecule has 3 saturated carbocycles. The van der Waals surface area contributed by atoms with Gasteiger partial charge in [-0.1, -0.05) is 12.1 Å². The van der Waals surface area contributed by atoms with Crippen molar-refractivity contribution in [3.05, 3.63) is 167 Å². The average molecular weight is 1500 g/mol. The van der Waals surface area contributed by atoms with E-state index in [0.29, 0.717) is 113 Å². The van der Waals surface area contributed by atoms with Gasteiger partial charge in [0.25, 0.3) is 17.7 Å². The molecule has 21 nitrogen and oxygen atoms in total. The number of pyridine rings is 1. The van der Waals surface area contributed by atoms with E-state index in [0.717, 1.165) is 96.2 Å². The maximum Gasteiger partial charge on any atom is 0.416 e. The summed E-state index contributed by atoms with van der Waals surface area (Å²) in [7, 11) is 0. The van der Waals surface area contributed by atoms with Crippen LogP contribution in [-0.2, 0) is 49.7 Å². The molecular weight excluding hydrogens is 1410 g/mol. The number of hydrogen-bond acceptors (Lipinski definition) is 17. The molecule has 3 aliphatic heterocycles. The number of halogens is 9. The third kappa shape index (κ3) is 20.3. The van der Waals surface area contributed by atoms with Crippen molar-refractivity contribution in [3.8, 4) is 0 Å². The Morgan fingerprint density at radius 3 is 1.16 bits per heavy atom. The Morgan fingerprint density at radius 1 is 0.462 bits per heavy atom. The first-order valence-corrected chi connectivity index (χ1v) is 36.2. The molecule has 32 heteroatoms. The van der Waals surface area contributed by atoms with Crippen molar-refractivity contribution in [1.82, 2.24) is 61.6 Å². The molecule has 12 rings (SSSR count). The highest BCUT2D eigenvalue weighted by Gasteiger charge is 2.45. The third-order valence-electron chi connectivity index (χ3n) is 20.2. The zero-order valence-corrected chi connectivity index (χ0v) is 59.4. The topological polar surface area (TPSA) is 284 Å². The van der Waals surface area contributed by atoms with E-state index >= 15 is 0 Å². The summed E-state index contributed by atoms with van der Waals surface area (Å²) in [6.45, 7) is 9.59. The summed E-state index contributed by atoms with van der Waals surface area (Å²) in [6.07, 6.45) is 0.508. The van der Waals surface area contributed by atoms with Crippen LogP contribution in [0.4, 0.5) is 39.5 Å². The summed E-state index contributed by atoms with van der Waals surface area (Å²) in [6, 6.07) is 13.9. The van der Waals surface area contributed by atoms with Gasteiger partial charge in [0.15, 0.2) is 0 Å². The van der Waals surface area contributed by atoms with E-state index in [1.165, 1.54) is 54.7 Å². The van der Waals surface area contributed by atoms with Gasteiger partial charge in [-0.25, -0.2) is 9.97 Å². The number of benzene rings is 3. The van der Waals surface area contributed by atoms with Gasteiger partial charge in [-0.05, 0) is 176 Å². The van der Waals surface area contributed by atoms with Crippen molar-refractivity contribution in [2.75, 3.05) is 58.9 Å². The minimum atomic E-state index is -4.55. The van der Waals surface area contributed by atoms with Gasteiger partial charge in [-0.3, -0.25) is 48.5 Å². The largest absolute Gasteiger partial charge is 0.416 e. The Morgan fingerprint density at radius 2 is 0.827 bits per heavy atom. The molecule has 0 atom stereocenters. The summed E-state index contributed by atoms with van der Waals surface area (Å²) in [5.74, 6) is -3.33. The fourth-order valence-corrected chi connectivity index (χ4v) is 15.8. The quantitative estimate of drug-likeness (QED) is 0.0364. The van der Waals surface area contributed by atoms with Gasteiger partial charge in [0, 0.05) is 115 Å². The van der Waals surface area contributed by atoms with Gasteiger partial charge >= 0.3 is 18.5 Å². The molecule has 3 saturated heterocycles. The number of aliphatic hydroxyl groups is 3. The van der Waals surface area contributed by atoms with Crippen LogP contribution in [0.3, 0.4) is 0 Å². The number of aromatic nitrogens is 3. The molecule has 3 aromatic heterocycles. The molecule has 0 radical (unpaired) electrons. The second-order valence-electron chi connectivity index (χ2n) is 28.1. The molecule has 3 aliphatic carbocycles. The van der Waals surface area contributed by atoms with Crippen LogP contribution in [0.25, 0.3) is 0 Å². The third-order valence-corrected chi connectivity index (χ3v) is 22.1. The van der Waals surface area contributed by atoms with Crippen LogP contribution >= 0.6 is 22.7 Å². The predicted octanol–water partition coefficient (Wildman–Crippen LogP) is 8.74. The number of likely N-dealkylation sites (tertiary alicyclic amines) is 3. The number of nitrogens with one attached hydrogen (secondary N) is 6. The zero-order chi connectivity index (χ0) is 75.1. The van der Waals surface area contributed by atoms with Crippen LogP contribution in [0, 0.1) is 27.7 Å². The Balaban J connectivity index is 0.000000168. The Labute approximate surface area is 603 Å². The van der Waals surface area contributed by atoms with Gasteiger partial charge in [0.1, 0.15) is 21.2 Å². The molecule has 0 unspecified atom stereocenters. The first-order chi connectivity index (χ1) is 49.0. The maximum atomic E-state index is 13.0. The molecule has 6 aliphatic rings. The molecule has 562 valence electrons. The van der Waals surface area contributed by atoms with Crippen molar-refractivity contribution in [1.29, 1.82) is 0 Å². The lowest BCUT2D eigenvalue weighted by molar-refractivity contribution is -0.138. The molecule has 6 heterocycles. The van der Waals surface area contributed by atoms with Crippen LogP contribution in [0.1, 0.15) is 163 Å². The summed E-state index contributed by atoms with van der Waals surface area (Å²) in [5, 5.41) is 53.7. The highest BCUT2D eigenvalue weighted by atomic mass is 32.1. The number of carbonyl (C=O) groups excluding carboxylic acids is 6. The first kappa shape index (κ1) is 78.6. The van der Waals surface area contributed by atoms with Crippen LogP contribution in [-0.4, -0.2) is 176 Å². The summed E-state index contributed by atoms with van der Waals surface area (Å²) < 4.78 is 117. The van der Waals surface area contributed by atoms with Gasteiger partial charge in [0.05, 0.1) is 60.1 Å². The van der Waals surface area contributed by atoms with Crippen molar-refractivity contribution in [2.24, 2.45) is 0 Å². The number of nitrogens with zero attached hydrogens (tertiary/aromatic N) is 6. The van der Waals surface area contributed by atoms with Gasteiger partial charge in [0.2, 0.25) is 17.7 Å². The molecule has 104 heavy (non-hydrogen) atoms. The maximum absolute atomic E-state index is 13.0. The van der Waals surface area contributed by atoms with Crippen molar-refractivity contribution in [3.63, 3.8) is 0 Å². The minimum Gasteiger partial charge on any atom is -0.385 e. The molecule has 0 bridgehead atoms. The first-order valence-electron chi connectivity index (χ1n) is 34.4. The standard InChI is InChI=1S/C26H31F3N4O3.2C23H27F3N4O3S/c1-16-9-18(11-20(10-16)26(27,28)29)24(35)31-13-23(34)32-21-14-33(15-21)22-5-7-25(36,8-6-22)19-4-3-17(2)30-12-19;1-14-8-15(10-16(9-14)23(24,25)26)20(32)28-11-19(31)29-17-12-30(13-17)18-2-4-22(33,5-3-18)21-27-6-7-34-21;1-14-2-3-15(23(24,25)26)10-18(14)20(32)28-11-19(31)29-16-12-30(13-16)17-4-6-22(33,7-5-17)21-27-8-9-34-21/h3-4,9-12,21-22,36H,5-8,13-15H2,1-2H3,(H,31,35)(H,32,34);6-10,17-18,33H,2-5,11-13H2,1H3,(H,28,32)(H,29,31);2-3,8-10,16-17,33H,4-7,11-13H2,1H3,(H,28,32)(H,29,31). The fourth-order valence-electron chi connectivity index (χ4n) is 14.2. The summed E-state index contributed by atoms with van der Waals surface area (Å²) in [4.78, 5) is 93.2. The zero-order valence-electron chi connectivity index (χ0n) is 57.7. The Kier molecular flexibility index (Phi) is 24.8. The highest BCUT2D eigenvalue weighted by Crippen LogP contribution is 2.43. The number of amides is 6. The second-order valence-corrected chi connectivity index (χ2v) is 29.8. The Hall–Kier alpha value is -7.98. The highest BCUT2D eigenvalue weighted by molar-refractivity contribution is 7.10. The lowest BCUT2D eigenvalue weighted by Gasteiger charge is -2.48. The smallest absolute Gasteiger partial charge is 0.385 e. The predicted molar refractivity (Wildman–Crippen MR) is 368 cm³/mol. The van der Waals surface area contributed by atoms with Crippen molar-refractivity contribution < 1.29 is 83.6 Å². The van der Waals surface area contributed by atoms with Gasteiger partial charge in [-0.15, -0.1) is 22.7 Å². The molecule has 0 spiro atoms. The van der Waals surface area contributed by atoms with Crippen LogP contribution < -0.4 is 31.9 Å². The van der Waals surface area contributed by atoms with E-state index in [9.17, 15) is 83.6 Å². The number of alkyl halides is 9. The van der Waals surface area contributed by atoms with E-state index in [-0.39, 0.29) is 72.2 Å². The van der Waals surface area contributed by atoms with Crippen LogP contribution in [0.15, 0.2) is 96.1 Å². The lowest BCUT2D eigenvalue weighted by atomic mass is 9.77. The minimum absolute atomic E-state index is 0.0417. The molecule has 3 aromatic carbocycles. The molecule has 6 aromatic rings.